The van der Waals surface area contributed by atoms with E-state index in [1.165, 1.54) is 66.6 Å². The van der Waals surface area contributed by atoms with E-state index in [1.807, 2.05) is 6.07 Å². The minimum atomic E-state index is 0.0876. The summed E-state index contributed by atoms with van der Waals surface area (Å²) >= 11 is 1.53. The summed E-state index contributed by atoms with van der Waals surface area (Å²) in [5, 5.41) is 5.35. The van der Waals surface area contributed by atoms with Gasteiger partial charge in [0.1, 0.15) is 12.4 Å². The molecule has 1 amide bonds. The monoisotopic (exact) mass is 423 g/mol. The number of hydrogen-bond donors (Lipinski definition) is 1. The molecule has 0 unspecified atom stereocenters. The van der Waals surface area contributed by atoms with Crippen LogP contribution in [-0.4, -0.2) is 12.5 Å². The van der Waals surface area contributed by atoms with Gasteiger partial charge in [-0.1, -0.05) is 6.07 Å². The third kappa shape index (κ3) is 3.91. The molecule has 0 spiro atoms. The number of ether oxygens (including phenoxy) is 1. The number of carbonyl (C=O) groups excluding carboxylic acids is 1. The number of benzene rings is 1. The fourth-order valence-corrected chi connectivity index (χ4v) is 7.56. The van der Waals surface area contributed by atoms with Crippen LogP contribution in [0.5, 0.6) is 5.75 Å². The Morgan fingerprint density at radius 2 is 1.73 bits per heavy atom. The molecule has 4 heteroatoms. The molecule has 4 aliphatic carbocycles. The quantitative estimate of drug-likeness (QED) is 0.601. The standard InChI is InChI=1S/C26H33NO2S/c1-16-4-17(2)18(3)23(5-16)29-13-22-9-24(30-14-22)25(28)27-15-26-10-19-6-20(11-26)8-21(7-19)12-26/h4-5,9,14,19-21H,6-8,10-13,15H2,1-3H3,(H,27,28). The molecular weight excluding hydrogens is 390 g/mol. The first kappa shape index (κ1) is 20.1. The Labute approximate surface area is 184 Å². The maximum Gasteiger partial charge on any atom is 0.261 e. The van der Waals surface area contributed by atoms with Crippen LogP contribution in [0, 0.1) is 43.9 Å². The van der Waals surface area contributed by atoms with Crippen molar-refractivity contribution < 1.29 is 9.53 Å². The fraction of sp³-hybridized carbons (Fsp3) is 0.577. The van der Waals surface area contributed by atoms with Gasteiger partial charge in [0.05, 0.1) is 4.88 Å². The highest BCUT2D eigenvalue weighted by Gasteiger charge is 2.50. The van der Waals surface area contributed by atoms with Gasteiger partial charge in [-0.05, 0) is 117 Å². The summed E-state index contributed by atoms with van der Waals surface area (Å²) in [5.41, 5.74) is 5.10. The second-order valence-electron chi connectivity index (χ2n) is 10.4. The van der Waals surface area contributed by atoms with Gasteiger partial charge in [-0.2, -0.15) is 0 Å². The molecule has 30 heavy (non-hydrogen) atoms. The van der Waals surface area contributed by atoms with Crippen molar-refractivity contribution in [1.29, 1.82) is 0 Å². The number of hydrogen-bond acceptors (Lipinski definition) is 3. The second kappa shape index (κ2) is 7.71. The van der Waals surface area contributed by atoms with Gasteiger partial charge < -0.3 is 10.1 Å². The van der Waals surface area contributed by atoms with Gasteiger partial charge in [0.2, 0.25) is 0 Å². The summed E-state index contributed by atoms with van der Waals surface area (Å²) in [6.07, 6.45) is 8.33. The molecule has 4 saturated carbocycles. The van der Waals surface area contributed by atoms with E-state index in [-0.39, 0.29) is 5.91 Å². The van der Waals surface area contributed by atoms with Crippen molar-refractivity contribution >= 4 is 17.2 Å². The Morgan fingerprint density at radius 1 is 1.07 bits per heavy atom. The van der Waals surface area contributed by atoms with Crippen LogP contribution >= 0.6 is 11.3 Å². The Hall–Kier alpha value is -1.81. The smallest absolute Gasteiger partial charge is 0.261 e. The van der Waals surface area contributed by atoms with Crippen LogP contribution < -0.4 is 10.1 Å². The van der Waals surface area contributed by atoms with Crippen LogP contribution in [0.25, 0.3) is 0 Å². The van der Waals surface area contributed by atoms with Crippen LogP contribution in [-0.2, 0) is 6.61 Å². The topological polar surface area (TPSA) is 38.3 Å². The molecule has 6 rings (SSSR count). The molecule has 2 aromatic rings. The molecule has 0 atom stereocenters. The highest BCUT2D eigenvalue weighted by molar-refractivity contribution is 7.12. The first-order valence-corrected chi connectivity index (χ1v) is 12.3. The molecule has 0 saturated heterocycles. The number of aryl methyl sites for hydroxylation is 2. The van der Waals surface area contributed by atoms with Crippen molar-refractivity contribution in [3.8, 4) is 5.75 Å². The van der Waals surface area contributed by atoms with E-state index < -0.39 is 0 Å². The summed E-state index contributed by atoms with van der Waals surface area (Å²) in [7, 11) is 0. The lowest BCUT2D eigenvalue weighted by Crippen LogP contribution is -2.51. The molecule has 0 aliphatic heterocycles. The summed E-state index contributed by atoms with van der Waals surface area (Å²) < 4.78 is 6.08. The van der Waals surface area contributed by atoms with Gasteiger partial charge in [-0.3, -0.25) is 4.79 Å². The number of nitrogens with one attached hydrogen (secondary N) is 1. The molecule has 0 radical (unpaired) electrons. The number of rotatable bonds is 6. The Kier molecular flexibility index (Phi) is 5.17. The van der Waals surface area contributed by atoms with Gasteiger partial charge in [-0.15, -0.1) is 11.3 Å². The predicted octanol–water partition coefficient (Wildman–Crippen LogP) is 6.20. The molecular formula is C26H33NO2S. The highest BCUT2D eigenvalue weighted by Crippen LogP contribution is 2.59. The van der Waals surface area contributed by atoms with Crippen molar-refractivity contribution in [2.24, 2.45) is 23.2 Å². The summed E-state index contributed by atoms with van der Waals surface area (Å²) in [6, 6.07) is 6.27. The van der Waals surface area contributed by atoms with Crippen LogP contribution in [0.2, 0.25) is 0 Å². The lowest BCUT2D eigenvalue weighted by atomic mass is 9.49. The third-order valence-electron chi connectivity index (χ3n) is 7.82. The van der Waals surface area contributed by atoms with Crippen molar-refractivity contribution in [3.05, 3.63) is 50.7 Å². The lowest BCUT2D eigenvalue weighted by Gasteiger charge is -2.56. The summed E-state index contributed by atoms with van der Waals surface area (Å²) in [5.74, 6) is 3.79. The normalized spacial score (nSPS) is 29.2. The number of thiophene rings is 1. The third-order valence-corrected chi connectivity index (χ3v) is 8.80. The SMILES string of the molecule is Cc1cc(C)c(C)c(OCc2csc(C(=O)NCC34CC5CC(CC(C5)C3)C4)c2)c1. The van der Waals surface area contributed by atoms with Gasteiger partial charge >= 0.3 is 0 Å². The first-order valence-electron chi connectivity index (χ1n) is 11.5. The number of amides is 1. The van der Waals surface area contributed by atoms with E-state index in [0.29, 0.717) is 12.0 Å². The molecule has 3 nitrogen and oxygen atoms in total. The zero-order valence-corrected chi connectivity index (χ0v) is 19.2. The molecule has 1 N–H and O–H groups in total. The van der Waals surface area contributed by atoms with E-state index >= 15 is 0 Å². The van der Waals surface area contributed by atoms with Crippen LogP contribution in [0.4, 0.5) is 0 Å². The zero-order valence-electron chi connectivity index (χ0n) is 18.4. The Balaban J connectivity index is 1.18. The van der Waals surface area contributed by atoms with Crippen LogP contribution in [0.1, 0.15) is 70.5 Å². The average molecular weight is 424 g/mol. The van der Waals surface area contributed by atoms with Gasteiger partial charge in [0.15, 0.2) is 0 Å². The maximum atomic E-state index is 12.8. The molecule has 160 valence electrons. The second-order valence-corrected chi connectivity index (χ2v) is 11.3. The van der Waals surface area contributed by atoms with E-state index in [4.69, 9.17) is 4.74 Å². The largest absolute Gasteiger partial charge is 0.489 e. The maximum absolute atomic E-state index is 12.8. The minimum Gasteiger partial charge on any atom is -0.489 e. The minimum absolute atomic E-state index is 0.0876. The zero-order chi connectivity index (χ0) is 20.9. The van der Waals surface area contributed by atoms with Crippen molar-refractivity contribution in [3.63, 3.8) is 0 Å². The Morgan fingerprint density at radius 3 is 2.40 bits per heavy atom. The van der Waals surface area contributed by atoms with Gasteiger partial charge in [0.25, 0.3) is 5.91 Å². The summed E-state index contributed by atoms with van der Waals surface area (Å²) in [6.45, 7) is 7.67. The van der Waals surface area contributed by atoms with Crippen LogP contribution in [0.15, 0.2) is 23.6 Å². The molecule has 1 aromatic carbocycles. The molecule has 4 aliphatic rings. The van der Waals surface area contributed by atoms with E-state index in [9.17, 15) is 4.79 Å². The molecule has 1 heterocycles. The molecule has 1 aromatic heterocycles. The Bertz CT molecular complexity index is 925. The van der Waals surface area contributed by atoms with E-state index in [1.54, 1.807) is 0 Å². The van der Waals surface area contributed by atoms with E-state index in [2.05, 4.69) is 43.6 Å². The molecule has 4 bridgehead atoms. The lowest BCUT2D eigenvalue weighted by molar-refractivity contribution is -0.0503. The van der Waals surface area contributed by atoms with Crippen molar-refractivity contribution in [1.82, 2.24) is 5.32 Å². The number of carbonyl (C=O) groups is 1. The van der Waals surface area contributed by atoms with E-state index in [0.717, 1.165) is 40.5 Å². The van der Waals surface area contributed by atoms with Gasteiger partial charge in [0, 0.05) is 12.1 Å². The summed E-state index contributed by atoms with van der Waals surface area (Å²) in [4.78, 5) is 13.6. The van der Waals surface area contributed by atoms with Crippen molar-refractivity contribution in [2.75, 3.05) is 6.54 Å². The fourth-order valence-electron chi connectivity index (χ4n) is 6.74. The predicted molar refractivity (Wildman–Crippen MR) is 122 cm³/mol. The first-order chi connectivity index (χ1) is 14.4. The average Bonchev–Trinajstić information content (AvgIpc) is 3.16. The van der Waals surface area contributed by atoms with Crippen LogP contribution in [0.3, 0.4) is 0 Å². The molecule has 4 fully saturated rings. The van der Waals surface area contributed by atoms with Gasteiger partial charge in [-0.25, -0.2) is 0 Å². The van der Waals surface area contributed by atoms with Crippen molar-refractivity contribution in [2.45, 2.75) is 65.9 Å². The highest BCUT2D eigenvalue weighted by atomic mass is 32.1.